The van der Waals surface area contributed by atoms with Crippen LogP contribution >= 0.6 is 0 Å². The highest BCUT2D eigenvalue weighted by molar-refractivity contribution is 6.05. The predicted molar refractivity (Wildman–Crippen MR) is 155 cm³/mol. The summed E-state index contributed by atoms with van der Waals surface area (Å²) in [6, 6.07) is 19.4. The molecule has 0 aromatic heterocycles. The Labute approximate surface area is 215 Å². The zero-order chi connectivity index (χ0) is 25.0. The molecule has 35 heavy (non-hydrogen) atoms. The van der Waals surface area contributed by atoms with Gasteiger partial charge < -0.3 is 9.84 Å². The van der Waals surface area contributed by atoms with Crippen molar-refractivity contribution >= 4 is 21.5 Å². The molecule has 0 fully saturated rings. The quantitative estimate of drug-likeness (QED) is 0.145. The molecule has 0 heterocycles. The van der Waals surface area contributed by atoms with Gasteiger partial charge in [-0.1, -0.05) is 152 Å². The van der Waals surface area contributed by atoms with E-state index in [1.807, 2.05) is 0 Å². The molecule has 0 bridgehead atoms. The molecule has 0 saturated heterocycles. The maximum atomic E-state index is 7.00. The molecule has 2 nitrogen and oxygen atoms in total. The molecule has 0 atom stereocenters. The van der Waals surface area contributed by atoms with Gasteiger partial charge >= 0.3 is 0 Å². The summed E-state index contributed by atoms with van der Waals surface area (Å²) in [7, 11) is 1.00. The summed E-state index contributed by atoms with van der Waals surface area (Å²) >= 11 is 0. The molecule has 0 spiro atoms. The van der Waals surface area contributed by atoms with Gasteiger partial charge in [0.05, 0.1) is 6.61 Å². The number of benzene rings is 3. The van der Waals surface area contributed by atoms with Crippen LogP contribution in [0.3, 0.4) is 0 Å². The molecule has 0 saturated carbocycles. The van der Waals surface area contributed by atoms with Crippen LogP contribution in [0, 0.1) is 0 Å². The number of unbranched alkanes of at least 4 members (excludes halogenated alkanes) is 15. The third-order valence-electron chi connectivity index (χ3n) is 6.97. The maximum absolute atomic E-state index is 7.00. The minimum Gasteiger partial charge on any atom is -0.492 e. The van der Waals surface area contributed by atoms with Crippen molar-refractivity contribution in [3.05, 3.63) is 54.6 Å². The highest BCUT2D eigenvalue weighted by Gasteiger charge is 2.08. The van der Waals surface area contributed by atoms with Crippen LogP contribution in [-0.2, 0) is 0 Å². The first-order chi connectivity index (χ1) is 17.4. The third-order valence-corrected chi connectivity index (χ3v) is 6.97. The van der Waals surface area contributed by atoms with Crippen molar-refractivity contribution in [2.75, 3.05) is 13.7 Å². The van der Waals surface area contributed by atoms with Crippen LogP contribution in [0.4, 0.5) is 0 Å². The summed E-state index contributed by atoms with van der Waals surface area (Å²) in [4.78, 5) is 0. The molecule has 2 heteroatoms. The fourth-order valence-corrected chi connectivity index (χ4v) is 4.95. The van der Waals surface area contributed by atoms with Gasteiger partial charge in [-0.3, -0.25) is 0 Å². The number of hydrogen-bond acceptors (Lipinski definition) is 2. The Morgan fingerprint density at radius 2 is 0.886 bits per heavy atom. The van der Waals surface area contributed by atoms with Crippen LogP contribution in [0.25, 0.3) is 21.5 Å². The molecule has 0 unspecified atom stereocenters. The Morgan fingerprint density at radius 3 is 1.31 bits per heavy atom. The molecule has 194 valence electrons. The fraction of sp³-hybridized carbons (Fsp3) is 0.576. The standard InChI is InChI=1S/C32H46O.CH4O/c1-2-3-4-5-6-7-8-9-10-11-12-13-14-15-16-21-26-33-32-30-24-19-17-22-28(30)27-29-23-18-20-25-31(29)32;1-2/h17-20,22-25,27H,2-16,21,26H2,1H3;2H,1H3. The molecule has 0 radical (unpaired) electrons. The van der Waals surface area contributed by atoms with E-state index in [2.05, 4.69) is 61.5 Å². The van der Waals surface area contributed by atoms with Gasteiger partial charge in [-0.25, -0.2) is 0 Å². The first-order valence-electron chi connectivity index (χ1n) is 14.4. The molecule has 3 aromatic carbocycles. The number of ether oxygens (including phenoxy) is 1. The second-order valence-corrected chi connectivity index (χ2v) is 9.80. The highest BCUT2D eigenvalue weighted by atomic mass is 16.5. The third kappa shape index (κ3) is 11.0. The van der Waals surface area contributed by atoms with Gasteiger partial charge in [-0.15, -0.1) is 0 Å². The number of aliphatic hydroxyl groups excluding tert-OH is 1. The first kappa shape index (κ1) is 29.2. The van der Waals surface area contributed by atoms with Gasteiger partial charge in [0, 0.05) is 17.9 Å². The normalized spacial score (nSPS) is 10.9. The lowest BCUT2D eigenvalue weighted by molar-refractivity contribution is 0.311. The second kappa shape index (κ2) is 19.2. The molecule has 0 amide bonds. The van der Waals surface area contributed by atoms with E-state index >= 15 is 0 Å². The minimum absolute atomic E-state index is 0.816. The summed E-state index contributed by atoms with van der Waals surface area (Å²) in [6.45, 7) is 3.11. The van der Waals surface area contributed by atoms with Crippen LogP contribution in [0.1, 0.15) is 110 Å². The van der Waals surface area contributed by atoms with E-state index < -0.39 is 0 Å². The molecule has 0 aliphatic heterocycles. The van der Waals surface area contributed by atoms with Gasteiger partial charge in [0.1, 0.15) is 5.75 Å². The van der Waals surface area contributed by atoms with Gasteiger partial charge in [-0.2, -0.15) is 0 Å². The lowest BCUT2D eigenvalue weighted by atomic mass is 10.0. The van der Waals surface area contributed by atoms with Crippen molar-refractivity contribution in [1.82, 2.24) is 0 Å². The van der Waals surface area contributed by atoms with Crippen molar-refractivity contribution in [1.29, 1.82) is 0 Å². The van der Waals surface area contributed by atoms with E-state index in [1.165, 1.54) is 118 Å². The number of aliphatic hydroxyl groups is 1. The summed E-state index contributed by atoms with van der Waals surface area (Å²) in [5.74, 6) is 1.06. The van der Waals surface area contributed by atoms with Crippen LogP contribution < -0.4 is 4.74 Å². The Balaban J connectivity index is 0.00000210. The monoisotopic (exact) mass is 478 g/mol. The van der Waals surface area contributed by atoms with Crippen LogP contribution in [0.15, 0.2) is 54.6 Å². The Hall–Kier alpha value is -2.06. The zero-order valence-electron chi connectivity index (χ0n) is 22.6. The van der Waals surface area contributed by atoms with E-state index in [0.29, 0.717) is 0 Å². The lowest BCUT2D eigenvalue weighted by Gasteiger charge is -2.13. The first-order valence-corrected chi connectivity index (χ1v) is 14.4. The van der Waals surface area contributed by atoms with E-state index in [1.54, 1.807) is 0 Å². The number of fused-ring (bicyclic) bond motifs is 2. The van der Waals surface area contributed by atoms with Crippen LogP contribution in [-0.4, -0.2) is 18.8 Å². The predicted octanol–water partition coefficient (Wildman–Crippen LogP) is 10.2. The number of hydrogen-bond donors (Lipinski definition) is 1. The summed E-state index contributed by atoms with van der Waals surface area (Å²) in [6.07, 6.45) is 22.4. The Kier molecular flexibility index (Phi) is 16.0. The summed E-state index contributed by atoms with van der Waals surface area (Å²) in [5, 5.41) is 12.0. The molecular formula is C33H50O2. The van der Waals surface area contributed by atoms with Crippen molar-refractivity contribution in [2.45, 2.75) is 110 Å². The van der Waals surface area contributed by atoms with Gasteiger partial charge in [0.2, 0.25) is 0 Å². The Bertz CT molecular complexity index is 863. The SMILES string of the molecule is CCCCCCCCCCCCCCCCCCOc1c2ccccc2cc2ccccc12.CO. The van der Waals surface area contributed by atoms with E-state index in [-0.39, 0.29) is 0 Å². The summed E-state index contributed by atoms with van der Waals surface area (Å²) in [5.41, 5.74) is 0. The highest BCUT2D eigenvalue weighted by Crippen LogP contribution is 2.34. The van der Waals surface area contributed by atoms with Crippen molar-refractivity contribution in [3.63, 3.8) is 0 Å². The maximum Gasteiger partial charge on any atom is 0.134 e. The molecule has 1 N–H and O–H groups in total. The molecular weight excluding hydrogens is 428 g/mol. The van der Waals surface area contributed by atoms with Gasteiger partial charge in [0.15, 0.2) is 0 Å². The van der Waals surface area contributed by atoms with E-state index in [9.17, 15) is 0 Å². The minimum atomic E-state index is 0.816. The molecule has 0 aliphatic carbocycles. The molecule has 3 rings (SSSR count). The topological polar surface area (TPSA) is 29.5 Å². The van der Waals surface area contributed by atoms with E-state index in [0.717, 1.165) is 25.9 Å². The average molecular weight is 479 g/mol. The molecule has 0 aliphatic rings. The second-order valence-electron chi connectivity index (χ2n) is 9.80. The average Bonchev–Trinajstić information content (AvgIpc) is 2.91. The lowest BCUT2D eigenvalue weighted by Crippen LogP contribution is -1.99. The van der Waals surface area contributed by atoms with Crippen molar-refractivity contribution in [2.24, 2.45) is 0 Å². The van der Waals surface area contributed by atoms with Crippen molar-refractivity contribution < 1.29 is 9.84 Å². The van der Waals surface area contributed by atoms with E-state index in [4.69, 9.17) is 9.84 Å². The van der Waals surface area contributed by atoms with Crippen molar-refractivity contribution in [3.8, 4) is 5.75 Å². The summed E-state index contributed by atoms with van der Waals surface area (Å²) < 4.78 is 6.35. The molecule has 3 aromatic rings. The van der Waals surface area contributed by atoms with Gasteiger partial charge in [0.25, 0.3) is 0 Å². The van der Waals surface area contributed by atoms with Crippen LogP contribution in [0.2, 0.25) is 0 Å². The van der Waals surface area contributed by atoms with Gasteiger partial charge in [-0.05, 0) is 23.3 Å². The zero-order valence-corrected chi connectivity index (χ0v) is 22.6. The smallest absolute Gasteiger partial charge is 0.134 e. The van der Waals surface area contributed by atoms with Crippen LogP contribution in [0.5, 0.6) is 5.75 Å². The largest absolute Gasteiger partial charge is 0.492 e. The Morgan fingerprint density at radius 1 is 0.514 bits per heavy atom. The number of rotatable bonds is 18. The fourth-order valence-electron chi connectivity index (χ4n) is 4.95.